The van der Waals surface area contributed by atoms with Gasteiger partial charge in [-0.3, -0.25) is 9.59 Å². The molecule has 0 saturated carbocycles. The van der Waals surface area contributed by atoms with Crippen LogP contribution in [0, 0.1) is 0 Å². The summed E-state index contributed by atoms with van der Waals surface area (Å²) in [6.45, 7) is 8.04. The molecule has 0 radical (unpaired) electrons. The Kier molecular flexibility index (Phi) is 11.1. The summed E-state index contributed by atoms with van der Waals surface area (Å²) in [5.41, 5.74) is 2.66. The van der Waals surface area contributed by atoms with Gasteiger partial charge in [0.2, 0.25) is 5.91 Å². The minimum absolute atomic E-state index is 0.0361. The molecule has 2 atom stereocenters. The number of para-hydroxylation sites is 1. The molecule has 5 nitrogen and oxygen atoms in total. The normalized spacial score (nSPS) is 12.6. The summed E-state index contributed by atoms with van der Waals surface area (Å²) in [4.78, 5) is 29.0. The lowest BCUT2D eigenvalue weighted by Gasteiger charge is -2.32. The highest BCUT2D eigenvalue weighted by Crippen LogP contribution is 2.27. The van der Waals surface area contributed by atoms with Crippen LogP contribution >= 0.6 is 23.2 Å². The van der Waals surface area contributed by atoms with E-state index in [9.17, 15) is 9.59 Å². The summed E-state index contributed by atoms with van der Waals surface area (Å²) in [5.74, 6) is 0.362. The van der Waals surface area contributed by atoms with E-state index < -0.39 is 6.04 Å². The fourth-order valence-corrected chi connectivity index (χ4v) is 4.61. The van der Waals surface area contributed by atoms with Gasteiger partial charge in [0.25, 0.3) is 5.91 Å². The van der Waals surface area contributed by atoms with E-state index in [0.717, 1.165) is 17.5 Å². The summed E-state index contributed by atoms with van der Waals surface area (Å²) in [5, 5.41) is 4.00. The molecule has 3 aromatic rings. The largest absolute Gasteiger partial charge is 0.483 e. The Bertz CT molecular complexity index is 1220. The van der Waals surface area contributed by atoms with Gasteiger partial charge in [-0.15, -0.1) is 0 Å². The summed E-state index contributed by atoms with van der Waals surface area (Å²) >= 11 is 12.6. The predicted molar refractivity (Wildman–Crippen MR) is 155 cm³/mol. The Hall–Kier alpha value is -3.02. The number of benzene rings is 3. The van der Waals surface area contributed by atoms with Crippen LogP contribution in [-0.2, 0) is 22.6 Å². The van der Waals surface area contributed by atoms with Crippen molar-refractivity contribution in [2.75, 3.05) is 6.61 Å². The second-order valence-electron chi connectivity index (χ2n) is 9.76. The smallest absolute Gasteiger partial charge is 0.261 e. The van der Waals surface area contributed by atoms with Crippen molar-refractivity contribution in [2.45, 2.75) is 65.1 Å². The highest BCUT2D eigenvalue weighted by atomic mass is 35.5. The van der Waals surface area contributed by atoms with Gasteiger partial charge in [0.1, 0.15) is 11.8 Å². The van der Waals surface area contributed by atoms with Gasteiger partial charge in [0.15, 0.2) is 6.61 Å². The van der Waals surface area contributed by atoms with E-state index in [1.165, 1.54) is 0 Å². The zero-order chi connectivity index (χ0) is 27.7. The third kappa shape index (κ3) is 8.24. The highest BCUT2D eigenvalue weighted by molar-refractivity contribution is 6.35. The van der Waals surface area contributed by atoms with E-state index >= 15 is 0 Å². The molecular weight excluding hydrogens is 519 g/mol. The number of carbonyl (C=O) groups excluding carboxylic acids is 2. The maximum Gasteiger partial charge on any atom is 0.261 e. The van der Waals surface area contributed by atoms with Gasteiger partial charge >= 0.3 is 0 Å². The van der Waals surface area contributed by atoms with E-state index in [4.69, 9.17) is 27.9 Å². The van der Waals surface area contributed by atoms with Crippen molar-refractivity contribution >= 4 is 35.0 Å². The summed E-state index contributed by atoms with van der Waals surface area (Å²) in [6, 6.07) is 21.7. The molecule has 7 heteroatoms. The highest BCUT2D eigenvalue weighted by Gasteiger charge is 2.32. The van der Waals surface area contributed by atoms with Crippen LogP contribution in [0.3, 0.4) is 0 Å². The Morgan fingerprint density at radius 3 is 2.29 bits per heavy atom. The average molecular weight is 556 g/mol. The number of ether oxygens (including phenoxy) is 1. The number of rotatable bonds is 12. The van der Waals surface area contributed by atoms with E-state index in [1.807, 2.05) is 68.4 Å². The summed E-state index contributed by atoms with van der Waals surface area (Å²) in [6.07, 6.45) is 1.12. The number of hydrogen-bond acceptors (Lipinski definition) is 3. The van der Waals surface area contributed by atoms with Crippen LogP contribution in [0.15, 0.2) is 72.8 Å². The van der Waals surface area contributed by atoms with Crippen molar-refractivity contribution in [3.63, 3.8) is 0 Å². The van der Waals surface area contributed by atoms with E-state index in [2.05, 4.69) is 19.2 Å². The molecule has 0 spiro atoms. The van der Waals surface area contributed by atoms with Crippen molar-refractivity contribution in [2.24, 2.45) is 0 Å². The number of hydrogen-bond donors (Lipinski definition) is 1. The van der Waals surface area contributed by atoms with Gasteiger partial charge in [-0.05, 0) is 54.2 Å². The van der Waals surface area contributed by atoms with E-state index in [0.29, 0.717) is 27.8 Å². The molecule has 2 unspecified atom stereocenters. The molecular formula is C31H36Cl2N2O3. The number of amides is 2. The van der Waals surface area contributed by atoms with Crippen molar-refractivity contribution < 1.29 is 14.3 Å². The lowest BCUT2D eigenvalue weighted by atomic mass is 10.0. The molecule has 0 saturated heterocycles. The lowest BCUT2D eigenvalue weighted by Crippen LogP contribution is -2.53. The van der Waals surface area contributed by atoms with Crippen molar-refractivity contribution in [3.8, 4) is 5.75 Å². The van der Waals surface area contributed by atoms with Gasteiger partial charge in [0, 0.05) is 29.1 Å². The second kappa shape index (κ2) is 14.2. The first-order valence-electron chi connectivity index (χ1n) is 13.0. The molecule has 0 fully saturated rings. The van der Waals surface area contributed by atoms with Crippen molar-refractivity contribution in [3.05, 3.63) is 99.5 Å². The van der Waals surface area contributed by atoms with Crippen LogP contribution in [0.5, 0.6) is 5.75 Å². The van der Waals surface area contributed by atoms with Gasteiger partial charge in [-0.25, -0.2) is 0 Å². The minimum Gasteiger partial charge on any atom is -0.483 e. The van der Waals surface area contributed by atoms with Crippen molar-refractivity contribution in [1.82, 2.24) is 10.2 Å². The SMILES string of the molecule is CCC(C)NC(=O)C(Cc1ccccc1)N(Cc1ccc(Cl)cc1Cl)C(=O)COc1ccccc1C(C)C. The average Bonchev–Trinajstić information content (AvgIpc) is 2.90. The Balaban J connectivity index is 1.97. The summed E-state index contributed by atoms with van der Waals surface area (Å²) < 4.78 is 6.03. The lowest BCUT2D eigenvalue weighted by molar-refractivity contribution is -0.143. The molecule has 3 aromatic carbocycles. The topological polar surface area (TPSA) is 58.6 Å². The van der Waals surface area contributed by atoms with Crippen LogP contribution in [-0.4, -0.2) is 35.4 Å². The zero-order valence-corrected chi connectivity index (χ0v) is 23.9. The standard InChI is InChI=1S/C31H36Cl2N2O3/c1-5-22(4)34-31(37)28(17-23-11-7-6-8-12-23)35(19-24-15-16-25(32)18-27(24)33)30(36)20-38-29-14-10-9-13-26(29)21(2)3/h6-16,18,21-22,28H,5,17,19-20H2,1-4H3,(H,34,37). The maximum atomic E-state index is 13.8. The molecule has 38 heavy (non-hydrogen) atoms. The first kappa shape index (κ1) is 29.5. The van der Waals surface area contributed by atoms with Gasteiger partial charge < -0.3 is 15.0 Å². The number of nitrogens with one attached hydrogen (secondary N) is 1. The monoisotopic (exact) mass is 554 g/mol. The van der Waals surface area contributed by atoms with E-state index in [1.54, 1.807) is 23.1 Å². The summed E-state index contributed by atoms with van der Waals surface area (Å²) in [7, 11) is 0. The van der Waals surface area contributed by atoms with Gasteiger partial charge in [0.05, 0.1) is 0 Å². The predicted octanol–water partition coefficient (Wildman–Crippen LogP) is 7.05. The second-order valence-corrected chi connectivity index (χ2v) is 10.6. The zero-order valence-electron chi connectivity index (χ0n) is 22.4. The first-order chi connectivity index (χ1) is 18.2. The number of nitrogens with zero attached hydrogens (tertiary/aromatic N) is 1. The van der Waals surface area contributed by atoms with Crippen LogP contribution in [0.4, 0.5) is 0 Å². The molecule has 2 amide bonds. The number of carbonyl (C=O) groups is 2. The van der Waals surface area contributed by atoms with Crippen LogP contribution in [0.25, 0.3) is 0 Å². The quantitative estimate of drug-likeness (QED) is 0.261. The third-order valence-electron chi connectivity index (χ3n) is 6.52. The minimum atomic E-state index is -0.769. The molecule has 0 aliphatic carbocycles. The Morgan fingerprint density at radius 2 is 1.63 bits per heavy atom. The van der Waals surface area contributed by atoms with Gasteiger partial charge in [-0.2, -0.15) is 0 Å². The molecule has 1 N–H and O–H groups in total. The Morgan fingerprint density at radius 1 is 0.947 bits per heavy atom. The molecule has 202 valence electrons. The molecule has 0 aliphatic rings. The van der Waals surface area contributed by atoms with Gasteiger partial charge in [-0.1, -0.05) is 98.6 Å². The van der Waals surface area contributed by atoms with Crippen LogP contribution in [0.2, 0.25) is 10.0 Å². The third-order valence-corrected chi connectivity index (χ3v) is 7.11. The van der Waals surface area contributed by atoms with Crippen molar-refractivity contribution in [1.29, 1.82) is 0 Å². The first-order valence-corrected chi connectivity index (χ1v) is 13.7. The fourth-order valence-electron chi connectivity index (χ4n) is 4.14. The number of halogens is 2. The molecule has 0 aromatic heterocycles. The van der Waals surface area contributed by atoms with Crippen LogP contribution < -0.4 is 10.1 Å². The molecule has 3 rings (SSSR count). The molecule has 0 aliphatic heterocycles. The molecule has 0 heterocycles. The Labute approximate surface area is 236 Å². The maximum absolute atomic E-state index is 13.8. The van der Waals surface area contributed by atoms with Crippen LogP contribution in [0.1, 0.15) is 56.7 Å². The van der Waals surface area contributed by atoms with E-state index in [-0.39, 0.29) is 36.9 Å². The molecule has 0 bridgehead atoms. The fraction of sp³-hybridized carbons (Fsp3) is 0.355.